The number of halogens is 2. The minimum absolute atomic E-state index is 0.204. The molecule has 5 heteroatoms. The largest absolute Gasteiger partial charge is 0.337 e. The summed E-state index contributed by atoms with van der Waals surface area (Å²) in [5, 5.41) is 0. The third-order valence-corrected chi connectivity index (χ3v) is 4.58. The first kappa shape index (κ1) is 14.4. The monoisotopic (exact) mass is 294 g/mol. The van der Waals surface area contributed by atoms with Crippen LogP contribution in [0.15, 0.2) is 18.2 Å². The van der Waals surface area contributed by atoms with Crippen molar-refractivity contribution in [2.45, 2.75) is 31.7 Å². The molecule has 1 amide bonds. The maximum Gasteiger partial charge on any atom is 0.254 e. The first-order valence-corrected chi connectivity index (χ1v) is 7.63. The van der Waals surface area contributed by atoms with Crippen LogP contribution in [0.1, 0.15) is 36.0 Å². The predicted molar refractivity (Wildman–Crippen MR) is 76.1 cm³/mol. The van der Waals surface area contributed by atoms with E-state index in [0.717, 1.165) is 31.6 Å². The number of hydrogen-bond acceptors (Lipinski definition) is 2. The average Bonchev–Trinajstić information content (AvgIpc) is 2.65. The summed E-state index contributed by atoms with van der Waals surface area (Å²) in [6, 6.07) is 4.05. The second-order valence-corrected chi connectivity index (χ2v) is 5.90. The van der Waals surface area contributed by atoms with Gasteiger partial charge in [-0.15, -0.1) is 0 Å². The van der Waals surface area contributed by atoms with Crippen molar-refractivity contribution < 1.29 is 13.6 Å². The van der Waals surface area contributed by atoms with Gasteiger partial charge in [0.1, 0.15) is 0 Å². The summed E-state index contributed by atoms with van der Waals surface area (Å²) in [4.78, 5) is 16.6. The van der Waals surface area contributed by atoms with Crippen LogP contribution in [0.25, 0.3) is 0 Å². The summed E-state index contributed by atoms with van der Waals surface area (Å²) in [5.74, 6) is -2.09. The molecule has 0 atom stereocenters. The fourth-order valence-electron chi connectivity index (χ4n) is 3.07. The van der Waals surface area contributed by atoms with Crippen molar-refractivity contribution in [3.63, 3.8) is 0 Å². The van der Waals surface area contributed by atoms with E-state index in [1.165, 1.54) is 25.3 Å². The van der Waals surface area contributed by atoms with Gasteiger partial charge in [0.05, 0.1) is 0 Å². The maximum absolute atomic E-state index is 13.3. The van der Waals surface area contributed by atoms with E-state index in [1.807, 2.05) is 0 Å². The predicted octanol–water partition coefficient (Wildman–Crippen LogP) is 2.67. The summed E-state index contributed by atoms with van der Waals surface area (Å²) >= 11 is 0. The Morgan fingerprint density at radius 1 is 1.00 bits per heavy atom. The van der Waals surface area contributed by atoms with Crippen molar-refractivity contribution in [1.82, 2.24) is 9.80 Å². The minimum Gasteiger partial charge on any atom is -0.337 e. The lowest BCUT2D eigenvalue weighted by atomic mass is 9.91. The summed E-state index contributed by atoms with van der Waals surface area (Å²) in [6.45, 7) is 3.24. The zero-order valence-corrected chi connectivity index (χ0v) is 12.0. The second-order valence-electron chi connectivity index (χ2n) is 5.90. The van der Waals surface area contributed by atoms with Gasteiger partial charge in [-0.3, -0.25) is 9.69 Å². The SMILES string of the molecule is O=C(c1ccc(F)c(F)c1)N1CCCN(C2CCC2)CC1. The molecule has 1 aromatic carbocycles. The number of benzene rings is 1. The summed E-state index contributed by atoms with van der Waals surface area (Å²) in [5.41, 5.74) is 0.228. The molecule has 0 aromatic heterocycles. The molecule has 0 unspecified atom stereocenters. The molecule has 1 saturated heterocycles. The Bertz CT molecular complexity index is 531. The van der Waals surface area contributed by atoms with Crippen molar-refractivity contribution in [1.29, 1.82) is 0 Å². The highest BCUT2D eigenvalue weighted by atomic mass is 19.2. The zero-order chi connectivity index (χ0) is 14.8. The number of nitrogens with zero attached hydrogens (tertiary/aromatic N) is 2. The van der Waals surface area contributed by atoms with Crippen LogP contribution in [0.5, 0.6) is 0 Å². The Labute approximate surface area is 123 Å². The van der Waals surface area contributed by atoms with E-state index in [0.29, 0.717) is 19.1 Å². The third-order valence-electron chi connectivity index (χ3n) is 4.58. The Hall–Kier alpha value is -1.49. The number of rotatable bonds is 2. The molecular formula is C16H20F2N2O. The van der Waals surface area contributed by atoms with Gasteiger partial charge in [-0.25, -0.2) is 8.78 Å². The molecule has 0 bridgehead atoms. The second kappa shape index (κ2) is 6.10. The van der Waals surface area contributed by atoms with E-state index in [9.17, 15) is 13.6 Å². The van der Waals surface area contributed by atoms with Crippen molar-refractivity contribution >= 4 is 5.91 Å². The van der Waals surface area contributed by atoms with Crippen LogP contribution in [0.3, 0.4) is 0 Å². The molecule has 1 heterocycles. The number of hydrogen-bond donors (Lipinski definition) is 0. The standard InChI is InChI=1S/C16H20F2N2O/c17-14-6-5-12(11-15(14)18)16(21)20-8-2-7-19(9-10-20)13-3-1-4-13/h5-6,11,13H,1-4,7-10H2. The molecule has 1 aliphatic heterocycles. The normalized spacial score (nSPS) is 21.0. The maximum atomic E-state index is 13.3. The lowest BCUT2D eigenvalue weighted by molar-refractivity contribution is 0.0749. The van der Waals surface area contributed by atoms with Crippen LogP contribution in [-0.4, -0.2) is 47.9 Å². The Morgan fingerprint density at radius 2 is 1.81 bits per heavy atom. The molecule has 3 rings (SSSR count). The Balaban J connectivity index is 1.65. The number of carbonyl (C=O) groups excluding carboxylic acids is 1. The van der Waals surface area contributed by atoms with E-state index in [-0.39, 0.29) is 11.5 Å². The Morgan fingerprint density at radius 3 is 2.48 bits per heavy atom. The van der Waals surface area contributed by atoms with Gasteiger partial charge in [0.25, 0.3) is 5.91 Å². The fraction of sp³-hybridized carbons (Fsp3) is 0.562. The first-order valence-electron chi connectivity index (χ1n) is 7.63. The summed E-state index contributed by atoms with van der Waals surface area (Å²) in [6.07, 6.45) is 4.76. The van der Waals surface area contributed by atoms with Gasteiger partial charge < -0.3 is 4.90 Å². The molecular weight excluding hydrogens is 274 g/mol. The van der Waals surface area contributed by atoms with Crippen LogP contribution in [0, 0.1) is 11.6 Å². The molecule has 0 radical (unpaired) electrons. The lowest BCUT2D eigenvalue weighted by Crippen LogP contribution is -2.42. The molecule has 1 aromatic rings. The Kier molecular flexibility index (Phi) is 4.19. The molecule has 3 nitrogen and oxygen atoms in total. The average molecular weight is 294 g/mol. The smallest absolute Gasteiger partial charge is 0.254 e. The molecule has 114 valence electrons. The van der Waals surface area contributed by atoms with Gasteiger partial charge in [0.2, 0.25) is 0 Å². The molecule has 1 aliphatic carbocycles. The van der Waals surface area contributed by atoms with E-state index in [2.05, 4.69) is 4.90 Å². The molecule has 2 aliphatic rings. The number of carbonyl (C=O) groups is 1. The van der Waals surface area contributed by atoms with Crippen LogP contribution in [-0.2, 0) is 0 Å². The van der Waals surface area contributed by atoms with Crippen LogP contribution in [0.4, 0.5) is 8.78 Å². The molecule has 1 saturated carbocycles. The van der Waals surface area contributed by atoms with Crippen LogP contribution >= 0.6 is 0 Å². The number of amides is 1. The van der Waals surface area contributed by atoms with Crippen LogP contribution < -0.4 is 0 Å². The molecule has 0 N–H and O–H groups in total. The summed E-state index contributed by atoms with van der Waals surface area (Å²) in [7, 11) is 0. The highest BCUT2D eigenvalue weighted by Gasteiger charge is 2.28. The quantitative estimate of drug-likeness (QED) is 0.837. The van der Waals surface area contributed by atoms with Crippen molar-refractivity contribution in [2.75, 3.05) is 26.2 Å². The van der Waals surface area contributed by atoms with Gasteiger partial charge in [-0.2, -0.15) is 0 Å². The van der Waals surface area contributed by atoms with Gasteiger partial charge in [0, 0.05) is 37.8 Å². The van der Waals surface area contributed by atoms with Crippen LogP contribution in [0.2, 0.25) is 0 Å². The van der Waals surface area contributed by atoms with E-state index < -0.39 is 11.6 Å². The van der Waals surface area contributed by atoms with Gasteiger partial charge in [-0.05, 0) is 37.5 Å². The minimum atomic E-state index is -0.966. The summed E-state index contributed by atoms with van der Waals surface area (Å²) < 4.78 is 26.2. The van der Waals surface area contributed by atoms with Gasteiger partial charge in [0.15, 0.2) is 11.6 Å². The highest BCUT2D eigenvalue weighted by Crippen LogP contribution is 2.25. The zero-order valence-electron chi connectivity index (χ0n) is 12.0. The van der Waals surface area contributed by atoms with E-state index in [1.54, 1.807) is 4.90 Å². The van der Waals surface area contributed by atoms with E-state index in [4.69, 9.17) is 0 Å². The molecule has 21 heavy (non-hydrogen) atoms. The molecule has 0 spiro atoms. The van der Waals surface area contributed by atoms with Crippen molar-refractivity contribution in [3.05, 3.63) is 35.4 Å². The third kappa shape index (κ3) is 3.07. The van der Waals surface area contributed by atoms with Crippen molar-refractivity contribution in [3.8, 4) is 0 Å². The molecule has 2 fully saturated rings. The van der Waals surface area contributed by atoms with Crippen molar-refractivity contribution in [2.24, 2.45) is 0 Å². The van der Waals surface area contributed by atoms with Gasteiger partial charge >= 0.3 is 0 Å². The topological polar surface area (TPSA) is 23.6 Å². The lowest BCUT2D eigenvalue weighted by Gasteiger charge is -2.36. The fourth-order valence-corrected chi connectivity index (χ4v) is 3.07. The van der Waals surface area contributed by atoms with Gasteiger partial charge in [-0.1, -0.05) is 6.42 Å². The first-order chi connectivity index (χ1) is 10.1. The highest BCUT2D eigenvalue weighted by molar-refractivity contribution is 5.94. The van der Waals surface area contributed by atoms with E-state index >= 15 is 0 Å².